The standard InChI is InChI=1S/C13H11Cl2N3O2/c1-6-11(12(19)13(15)20)7(2)18(17-6)8-3-4-10(16)9(14)5-8/h3-5H,16H2,1-2H3. The van der Waals surface area contributed by atoms with E-state index in [4.69, 9.17) is 28.9 Å². The lowest BCUT2D eigenvalue weighted by atomic mass is 10.1. The number of nitrogen functional groups attached to an aromatic ring is 1. The van der Waals surface area contributed by atoms with Gasteiger partial charge in [0.2, 0.25) is 5.78 Å². The third kappa shape index (κ3) is 2.42. The van der Waals surface area contributed by atoms with Gasteiger partial charge in [0.05, 0.1) is 33.3 Å². The average molecular weight is 312 g/mol. The highest BCUT2D eigenvalue weighted by molar-refractivity contribution is 6.83. The summed E-state index contributed by atoms with van der Waals surface area (Å²) in [4.78, 5) is 22.8. The van der Waals surface area contributed by atoms with E-state index in [1.165, 1.54) is 4.68 Å². The van der Waals surface area contributed by atoms with E-state index in [0.29, 0.717) is 27.8 Å². The Kier molecular flexibility index (Phi) is 3.83. The zero-order valence-electron chi connectivity index (χ0n) is 10.8. The molecule has 2 aromatic rings. The van der Waals surface area contributed by atoms with Gasteiger partial charge in [-0.05, 0) is 43.6 Å². The smallest absolute Gasteiger partial charge is 0.293 e. The molecule has 1 heterocycles. The summed E-state index contributed by atoms with van der Waals surface area (Å²) >= 11 is 11.2. The fourth-order valence-corrected chi connectivity index (χ4v) is 2.24. The molecule has 0 radical (unpaired) electrons. The van der Waals surface area contributed by atoms with Gasteiger partial charge in [0.25, 0.3) is 5.24 Å². The summed E-state index contributed by atoms with van der Waals surface area (Å²) in [5.74, 6) is -0.769. The number of anilines is 1. The maximum atomic E-state index is 11.8. The maximum Gasteiger partial charge on any atom is 0.293 e. The molecule has 1 aromatic carbocycles. The second-order valence-electron chi connectivity index (χ2n) is 4.27. The predicted molar refractivity (Wildman–Crippen MR) is 77.7 cm³/mol. The number of rotatable bonds is 3. The number of hydrogen-bond acceptors (Lipinski definition) is 4. The molecule has 0 aliphatic heterocycles. The molecule has 0 aliphatic rings. The number of nitrogens with zero attached hydrogens (tertiary/aromatic N) is 2. The number of benzene rings is 1. The molecule has 104 valence electrons. The number of hydrogen-bond donors (Lipinski definition) is 1. The lowest BCUT2D eigenvalue weighted by molar-refractivity contribution is -0.108. The highest BCUT2D eigenvalue weighted by Gasteiger charge is 2.23. The van der Waals surface area contributed by atoms with Crippen LogP contribution in [0.3, 0.4) is 0 Å². The molecule has 0 unspecified atom stereocenters. The molecule has 7 heteroatoms. The minimum Gasteiger partial charge on any atom is -0.398 e. The van der Waals surface area contributed by atoms with Crippen molar-refractivity contribution in [2.24, 2.45) is 0 Å². The fourth-order valence-electron chi connectivity index (χ4n) is 1.97. The maximum absolute atomic E-state index is 11.8. The van der Waals surface area contributed by atoms with E-state index in [1.54, 1.807) is 32.0 Å². The molecule has 0 spiro atoms. The number of carbonyl (C=O) groups excluding carboxylic acids is 2. The minimum absolute atomic E-state index is 0.206. The first-order valence-electron chi connectivity index (χ1n) is 5.68. The molecular weight excluding hydrogens is 301 g/mol. The van der Waals surface area contributed by atoms with Gasteiger partial charge in [-0.1, -0.05) is 11.6 Å². The molecule has 0 fully saturated rings. The number of halogens is 2. The summed E-state index contributed by atoms with van der Waals surface area (Å²) in [7, 11) is 0. The third-order valence-electron chi connectivity index (χ3n) is 2.93. The highest BCUT2D eigenvalue weighted by Crippen LogP contribution is 2.24. The van der Waals surface area contributed by atoms with Gasteiger partial charge in [-0.15, -0.1) is 0 Å². The van der Waals surface area contributed by atoms with Crippen LogP contribution in [-0.2, 0) is 4.79 Å². The number of ketones is 1. The van der Waals surface area contributed by atoms with E-state index in [0.717, 1.165) is 0 Å². The first-order chi connectivity index (χ1) is 9.32. The Hall–Kier alpha value is -1.85. The fraction of sp³-hybridized carbons (Fsp3) is 0.154. The molecule has 0 bridgehead atoms. The molecule has 0 saturated heterocycles. The Morgan fingerprint density at radius 2 is 1.95 bits per heavy atom. The molecule has 0 aliphatic carbocycles. The Morgan fingerprint density at radius 1 is 1.30 bits per heavy atom. The molecule has 0 atom stereocenters. The molecule has 20 heavy (non-hydrogen) atoms. The number of nitrogens with two attached hydrogens (primary N) is 1. The summed E-state index contributed by atoms with van der Waals surface area (Å²) in [5.41, 5.74) is 7.89. The number of carbonyl (C=O) groups is 2. The van der Waals surface area contributed by atoms with E-state index in [1.807, 2.05) is 0 Å². The average Bonchev–Trinajstić information content (AvgIpc) is 2.67. The van der Waals surface area contributed by atoms with Gasteiger partial charge < -0.3 is 5.73 Å². The van der Waals surface area contributed by atoms with Crippen molar-refractivity contribution in [2.75, 3.05) is 5.73 Å². The summed E-state index contributed by atoms with van der Waals surface area (Å²) in [6, 6.07) is 4.99. The van der Waals surface area contributed by atoms with Gasteiger partial charge in [-0.3, -0.25) is 9.59 Å². The first kappa shape index (κ1) is 14.6. The van der Waals surface area contributed by atoms with Gasteiger partial charge in [0.15, 0.2) is 0 Å². The van der Waals surface area contributed by atoms with Crippen LogP contribution >= 0.6 is 23.2 Å². The van der Waals surface area contributed by atoms with E-state index >= 15 is 0 Å². The molecule has 5 nitrogen and oxygen atoms in total. The van der Waals surface area contributed by atoms with E-state index in [9.17, 15) is 9.59 Å². The number of aromatic nitrogens is 2. The van der Waals surface area contributed by atoms with Crippen LogP contribution < -0.4 is 5.73 Å². The molecule has 2 N–H and O–H groups in total. The predicted octanol–water partition coefficient (Wildman–Crippen LogP) is 2.67. The highest BCUT2D eigenvalue weighted by atomic mass is 35.5. The van der Waals surface area contributed by atoms with Crippen LogP contribution in [0.2, 0.25) is 5.02 Å². The van der Waals surface area contributed by atoms with Gasteiger partial charge in [0.1, 0.15) is 0 Å². The van der Waals surface area contributed by atoms with Crippen LogP contribution in [0.15, 0.2) is 18.2 Å². The number of Topliss-reactive ketones (excluding diaryl/α,β-unsaturated/α-hetero) is 1. The van der Waals surface area contributed by atoms with Crippen molar-refractivity contribution in [3.63, 3.8) is 0 Å². The van der Waals surface area contributed by atoms with Crippen molar-refractivity contribution in [1.82, 2.24) is 9.78 Å². The Morgan fingerprint density at radius 3 is 2.50 bits per heavy atom. The molecular formula is C13H11Cl2N3O2. The van der Waals surface area contributed by atoms with Gasteiger partial charge in [0, 0.05) is 0 Å². The first-order valence-corrected chi connectivity index (χ1v) is 6.44. The minimum atomic E-state index is -1.04. The van der Waals surface area contributed by atoms with Crippen LogP contribution in [0.5, 0.6) is 0 Å². The topological polar surface area (TPSA) is 78.0 Å². The monoisotopic (exact) mass is 311 g/mol. The van der Waals surface area contributed by atoms with Crippen LogP contribution in [0.1, 0.15) is 21.7 Å². The van der Waals surface area contributed by atoms with E-state index in [-0.39, 0.29) is 5.56 Å². The molecule has 0 amide bonds. The van der Waals surface area contributed by atoms with Crippen LogP contribution in [-0.4, -0.2) is 20.8 Å². The van der Waals surface area contributed by atoms with Crippen molar-refractivity contribution in [1.29, 1.82) is 0 Å². The Balaban J connectivity index is 2.59. The van der Waals surface area contributed by atoms with Gasteiger partial charge >= 0.3 is 0 Å². The molecule has 0 saturated carbocycles. The van der Waals surface area contributed by atoms with Crippen molar-refractivity contribution < 1.29 is 9.59 Å². The van der Waals surface area contributed by atoms with E-state index < -0.39 is 11.0 Å². The lowest BCUT2D eigenvalue weighted by Crippen LogP contribution is -2.10. The van der Waals surface area contributed by atoms with E-state index in [2.05, 4.69) is 5.10 Å². The van der Waals surface area contributed by atoms with Crippen LogP contribution in [0, 0.1) is 13.8 Å². The third-order valence-corrected chi connectivity index (χ3v) is 3.42. The molecule has 1 aromatic heterocycles. The Labute approximate surface area is 125 Å². The van der Waals surface area contributed by atoms with Gasteiger partial charge in [-0.25, -0.2) is 4.68 Å². The quantitative estimate of drug-likeness (QED) is 0.409. The normalized spacial score (nSPS) is 10.6. The SMILES string of the molecule is Cc1nn(-c2ccc(N)c(Cl)c2)c(C)c1C(=O)C(=O)Cl. The summed E-state index contributed by atoms with van der Waals surface area (Å²) in [6.07, 6.45) is 0. The van der Waals surface area contributed by atoms with Crippen molar-refractivity contribution >= 4 is 39.9 Å². The van der Waals surface area contributed by atoms with Gasteiger partial charge in [-0.2, -0.15) is 5.10 Å². The summed E-state index contributed by atoms with van der Waals surface area (Å²) < 4.78 is 1.52. The summed E-state index contributed by atoms with van der Waals surface area (Å²) in [6.45, 7) is 3.31. The van der Waals surface area contributed by atoms with Crippen molar-refractivity contribution in [3.05, 3.63) is 40.2 Å². The van der Waals surface area contributed by atoms with Crippen LogP contribution in [0.25, 0.3) is 5.69 Å². The zero-order valence-corrected chi connectivity index (χ0v) is 12.3. The van der Waals surface area contributed by atoms with Crippen molar-refractivity contribution in [2.45, 2.75) is 13.8 Å². The largest absolute Gasteiger partial charge is 0.398 e. The number of aryl methyl sites for hydroxylation is 1. The molecule has 2 rings (SSSR count). The second kappa shape index (κ2) is 5.26. The van der Waals surface area contributed by atoms with Crippen molar-refractivity contribution in [3.8, 4) is 5.69 Å². The lowest BCUT2D eigenvalue weighted by Gasteiger charge is -2.06. The zero-order chi connectivity index (χ0) is 15.0. The summed E-state index contributed by atoms with van der Waals surface area (Å²) in [5, 5.41) is 3.59. The second-order valence-corrected chi connectivity index (χ2v) is 5.02. The van der Waals surface area contributed by atoms with Crippen LogP contribution in [0.4, 0.5) is 5.69 Å². The Bertz CT molecular complexity index is 723.